The minimum Gasteiger partial charge on any atom is -0.507 e. The van der Waals surface area contributed by atoms with Crippen molar-refractivity contribution in [3.05, 3.63) is 52.5 Å². The monoisotopic (exact) mass is 418 g/mol. The Kier molecular flexibility index (Phi) is 5.40. The molecule has 2 N–H and O–H groups in total. The molecule has 3 aromatic rings. The number of carbonyl (C=O) groups is 1. The Morgan fingerprint density at radius 2 is 2.20 bits per heavy atom. The van der Waals surface area contributed by atoms with Gasteiger partial charge in [-0.15, -0.1) is 0 Å². The third-order valence-corrected chi connectivity index (χ3v) is 4.98. The molecule has 0 aliphatic carbocycles. The number of benzene rings is 2. The van der Waals surface area contributed by atoms with E-state index in [1.807, 2.05) is 35.9 Å². The minimum atomic E-state index is -0.247. The predicted molar refractivity (Wildman–Crippen MR) is 103 cm³/mol. The van der Waals surface area contributed by atoms with E-state index in [9.17, 15) is 9.90 Å². The molecule has 0 atom stereocenters. The molecule has 1 aromatic heterocycles. The predicted octanol–water partition coefficient (Wildman–Crippen LogP) is 3.28. The number of aryl methyl sites for hydroxylation is 1. The molecule has 0 saturated carbocycles. The summed E-state index contributed by atoms with van der Waals surface area (Å²) >= 11 is 4.66. The van der Waals surface area contributed by atoms with Crippen molar-refractivity contribution in [3.63, 3.8) is 0 Å². The van der Waals surface area contributed by atoms with Gasteiger partial charge in [-0.1, -0.05) is 39.8 Å². The van der Waals surface area contributed by atoms with Crippen LogP contribution in [0.2, 0.25) is 0 Å². The number of hydrogen-bond donors (Lipinski definition) is 2. The van der Waals surface area contributed by atoms with Gasteiger partial charge in [-0.3, -0.25) is 4.79 Å². The normalized spacial score (nSPS) is 11.3. The molecule has 6 nitrogen and oxygen atoms in total. The summed E-state index contributed by atoms with van der Waals surface area (Å²) < 4.78 is 2.77. The van der Waals surface area contributed by atoms with Crippen molar-refractivity contribution in [2.75, 3.05) is 5.75 Å². The summed E-state index contributed by atoms with van der Waals surface area (Å²) in [7, 11) is 1.92. The van der Waals surface area contributed by atoms with E-state index in [2.05, 4.69) is 31.4 Å². The van der Waals surface area contributed by atoms with Crippen LogP contribution in [0.5, 0.6) is 5.75 Å². The van der Waals surface area contributed by atoms with Crippen LogP contribution in [-0.4, -0.2) is 32.5 Å². The molecule has 1 amide bonds. The highest BCUT2D eigenvalue weighted by Crippen LogP contribution is 2.22. The summed E-state index contributed by atoms with van der Waals surface area (Å²) in [6.45, 7) is 0. The van der Waals surface area contributed by atoms with Gasteiger partial charge in [-0.2, -0.15) is 5.10 Å². The van der Waals surface area contributed by atoms with Crippen LogP contribution in [0.3, 0.4) is 0 Å². The zero-order valence-corrected chi connectivity index (χ0v) is 15.7. The van der Waals surface area contributed by atoms with Gasteiger partial charge in [0.1, 0.15) is 5.75 Å². The lowest BCUT2D eigenvalue weighted by molar-refractivity contribution is -0.118. The summed E-state index contributed by atoms with van der Waals surface area (Å²) in [6, 6.07) is 12.8. The summed E-state index contributed by atoms with van der Waals surface area (Å²) in [5.74, 6) is 0.0389. The van der Waals surface area contributed by atoms with Crippen LogP contribution in [0, 0.1) is 0 Å². The fraction of sp³-hybridized carbons (Fsp3) is 0.118. The average molecular weight is 419 g/mol. The molecule has 0 radical (unpaired) electrons. The smallest absolute Gasteiger partial charge is 0.250 e. The lowest BCUT2D eigenvalue weighted by Gasteiger charge is -2.02. The number of aromatic hydroxyl groups is 1. The highest BCUT2D eigenvalue weighted by molar-refractivity contribution is 9.10. The Bertz CT molecular complexity index is 955. The van der Waals surface area contributed by atoms with Crippen molar-refractivity contribution in [3.8, 4) is 5.75 Å². The van der Waals surface area contributed by atoms with Crippen molar-refractivity contribution in [1.82, 2.24) is 15.0 Å². The highest BCUT2D eigenvalue weighted by atomic mass is 79.9. The first-order valence-corrected chi connectivity index (χ1v) is 9.17. The number of phenols is 1. The van der Waals surface area contributed by atoms with Crippen molar-refractivity contribution in [2.45, 2.75) is 5.16 Å². The van der Waals surface area contributed by atoms with Gasteiger partial charge in [-0.25, -0.2) is 10.4 Å². The maximum Gasteiger partial charge on any atom is 0.250 e. The SMILES string of the molecule is Cn1c(SCC(=O)N/N=C/c2cc(Br)ccc2O)nc2ccccc21. The Hall–Kier alpha value is -2.32. The lowest BCUT2D eigenvalue weighted by atomic mass is 10.2. The number of imidazole rings is 1. The number of nitrogens with one attached hydrogen (secondary N) is 1. The van der Waals surface area contributed by atoms with E-state index in [0.717, 1.165) is 20.7 Å². The number of fused-ring (bicyclic) bond motifs is 1. The largest absolute Gasteiger partial charge is 0.507 e. The number of amides is 1. The van der Waals surface area contributed by atoms with Crippen molar-refractivity contribution >= 4 is 50.8 Å². The average Bonchev–Trinajstić information content (AvgIpc) is 2.92. The molecule has 0 bridgehead atoms. The molecule has 3 rings (SSSR count). The van der Waals surface area contributed by atoms with Crippen LogP contribution in [0.1, 0.15) is 5.56 Å². The van der Waals surface area contributed by atoms with Gasteiger partial charge in [0, 0.05) is 17.1 Å². The number of hydrogen-bond acceptors (Lipinski definition) is 5. The fourth-order valence-electron chi connectivity index (χ4n) is 2.22. The van der Waals surface area contributed by atoms with E-state index in [4.69, 9.17) is 0 Å². The van der Waals surface area contributed by atoms with Crippen LogP contribution >= 0.6 is 27.7 Å². The quantitative estimate of drug-likeness (QED) is 0.378. The van der Waals surface area contributed by atoms with Gasteiger partial charge in [0.15, 0.2) is 5.16 Å². The second-order valence-corrected chi connectivity index (χ2v) is 7.09. The van der Waals surface area contributed by atoms with Crippen molar-refractivity contribution < 1.29 is 9.90 Å². The van der Waals surface area contributed by atoms with Gasteiger partial charge in [-0.05, 0) is 30.3 Å². The molecule has 0 saturated heterocycles. The number of thioether (sulfide) groups is 1. The molecule has 2 aromatic carbocycles. The number of phenolic OH excluding ortho intramolecular Hbond substituents is 1. The molecular weight excluding hydrogens is 404 g/mol. The second-order valence-electron chi connectivity index (χ2n) is 5.23. The third kappa shape index (κ3) is 4.21. The lowest BCUT2D eigenvalue weighted by Crippen LogP contribution is -2.19. The van der Waals surface area contributed by atoms with Crippen molar-refractivity contribution in [1.29, 1.82) is 0 Å². The molecule has 25 heavy (non-hydrogen) atoms. The molecule has 0 spiro atoms. The van der Waals surface area contributed by atoms with E-state index >= 15 is 0 Å². The molecular formula is C17H15BrN4O2S. The van der Waals surface area contributed by atoms with E-state index in [-0.39, 0.29) is 17.4 Å². The van der Waals surface area contributed by atoms with Gasteiger partial charge in [0.05, 0.1) is 23.0 Å². The molecule has 0 fully saturated rings. The maximum atomic E-state index is 11.9. The van der Waals surface area contributed by atoms with Crippen LogP contribution in [0.15, 0.2) is 57.2 Å². The Labute approximate surface area is 157 Å². The van der Waals surface area contributed by atoms with Gasteiger partial charge in [0.2, 0.25) is 0 Å². The summed E-state index contributed by atoms with van der Waals surface area (Å²) in [5.41, 5.74) is 4.88. The Morgan fingerprint density at radius 3 is 3.00 bits per heavy atom. The van der Waals surface area contributed by atoms with E-state index in [1.165, 1.54) is 18.0 Å². The molecule has 0 aliphatic heterocycles. The zero-order chi connectivity index (χ0) is 17.8. The first-order chi connectivity index (χ1) is 12.0. The number of halogens is 1. The van der Waals surface area contributed by atoms with Crippen LogP contribution in [0.4, 0.5) is 0 Å². The highest BCUT2D eigenvalue weighted by Gasteiger charge is 2.09. The Morgan fingerprint density at radius 1 is 1.40 bits per heavy atom. The summed E-state index contributed by atoms with van der Waals surface area (Å²) in [5, 5.41) is 14.4. The van der Waals surface area contributed by atoms with Crippen LogP contribution < -0.4 is 5.43 Å². The van der Waals surface area contributed by atoms with E-state index in [1.54, 1.807) is 18.2 Å². The summed E-state index contributed by atoms with van der Waals surface area (Å²) in [6.07, 6.45) is 1.40. The minimum absolute atomic E-state index is 0.0928. The second kappa shape index (κ2) is 7.71. The van der Waals surface area contributed by atoms with Gasteiger partial charge in [0.25, 0.3) is 5.91 Å². The number of aromatic nitrogens is 2. The fourth-order valence-corrected chi connectivity index (χ4v) is 3.38. The maximum absolute atomic E-state index is 11.9. The third-order valence-electron chi connectivity index (χ3n) is 3.46. The first kappa shape index (κ1) is 17.5. The number of para-hydroxylation sites is 2. The van der Waals surface area contributed by atoms with Crippen molar-refractivity contribution in [2.24, 2.45) is 12.1 Å². The number of rotatable bonds is 5. The number of carbonyl (C=O) groups excluding carboxylic acids is 1. The molecule has 128 valence electrons. The topological polar surface area (TPSA) is 79.5 Å². The van der Waals surface area contributed by atoms with E-state index in [0.29, 0.717) is 5.56 Å². The van der Waals surface area contributed by atoms with E-state index < -0.39 is 0 Å². The summed E-state index contributed by atoms with van der Waals surface area (Å²) in [4.78, 5) is 16.4. The first-order valence-electron chi connectivity index (χ1n) is 7.39. The van der Waals surface area contributed by atoms with Gasteiger partial charge < -0.3 is 9.67 Å². The zero-order valence-electron chi connectivity index (χ0n) is 13.3. The van der Waals surface area contributed by atoms with Crippen LogP contribution in [-0.2, 0) is 11.8 Å². The van der Waals surface area contributed by atoms with Crippen LogP contribution in [0.25, 0.3) is 11.0 Å². The standard InChI is InChI=1S/C17H15BrN4O2S/c1-22-14-5-3-2-4-13(14)20-17(22)25-10-16(24)21-19-9-11-8-12(18)6-7-15(11)23/h2-9,23H,10H2,1H3,(H,21,24)/b19-9+. The number of nitrogens with zero attached hydrogens (tertiary/aromatic N) is 3. The molecule has 0 aliphatic rings. The molecule has 8 heteroatoms. The van der Waals surface area contributed by atoms with Gasteiger partial charge >= 0.3 is 0 Å². The Balaban J connectivity index is 1.58. The number of hydrazone groups is 1. The molecule has 1 heterocycles. The molecule has 0 unspecified atom stereocenters.